The van der Waals surface area contributed by atoms with Crippen LogP contribution in [0.4, 0.5) is 5.69 Å². The summed E-state index contributed by atoms with van der Waals surface area (Å²) in [4.78, 5) is 5.85. The highest BCUT2D eigenvalue weighted by Gasteiger charge is 2.29. The highest BCUT2D eigenvalue weighted by Crippen LogP contribution is 2.33. The number of morpholine rings is 1. The number of hydrogen-bond donors (Lipinski definition) is 2. The van der Waals surface area contributed by atoms with Crippen LogP contribution in [-0.2, 0) is 4.74 Å². The van der Waals surface area contributed by atoms with Crippen molar-refractivity contribution in [1.29, 1.82) is 0 Å². The Balaban J connectivity index is 1.87. The summed E-state index contributed by atoms with van der Waals surface area (Å²) in [5, 5.41) is 11.9. The first kappa shape index (κ1) is 16.3. The summed E-state index contributed by atoms with van der Waals surface area (Å²) in [6.45, 7) is 9.64. The molecule has 0 bridgehead atoms. The molecule has 23 heavy (non-hydrogen) atoms. The minimum absolute atomic E-state index is 0.0849. The van der Waals surface area contributed by atoms with Crippen molar-refractivity contribution in [3.8, 4) is 0 Å². The van der Waals surface area contributed by atoms with Gasteiger partial charge in [0.25, 0.3) is 0 Å². The number of aromatic nitrogens is 1. The molecule has 2 aromatic rings. The number of nitrogens with one attached hydrogen (secondary N) is 1. The van der Waals surface area contributed by atoms with Crippen LogP contribution < -0.4 is 4.90 Å². The average molecular weight is 316 g/mol. The first-order valence-corrected chi connectivity index (χ1v) is 8.69. The summed E-state index contributed by atoms with van der Waals surface area (Å²) < 4.78 is 5.43. The summed E-state index contributed by atoms with van der Waals surface area (Å²) >= 11 is 0. The van der Waals surface area contributed by atoms with Crippen molar-refractivity contribution in [2.45, 2.75) is 45.1 Å². The highest BCUT2D eigenvalue weighted by molar-refractivity contribution is 5.84. The Morgan fingerprint density at radius 1 is 1.30 bits per heavy atom. The number of rotatable bonds is 5. The third-order valence-corrected chi connectivity index (χ3v) is 5.16. The van der Waals surface area contributed by atoms with Crippen molar-refractivity contribution in [3.63, 3.8) is 0 Å². The van der Waals surface area contributed by atoms with Gasteiger partial charge in [-0.05, 0) is 37.6 Å². The number of anilines is 1. The third kappa shape index (κ3) is 3.38. The van der Waals surface area contributed by atoms with E-state index in [0.717, 1.165) is 50.4 Å². The maximum atomic E-state index is 10.7. The molecule has 4 heteroatoms. The van der Waals surface area contributed by atoms with E-state index in [2.05, 4.69) is 48.0 Å². The normalized spacial score (nSPS) is 19.7. The molecule has 2 unspecified atom stereocenters. The quantitative estimate of drug-likeness (QED) is 0.885. The predicted molar refractivity (Wildman–Crippen MR) is 95.3 cm³/mol. The molecule has 0 amide bonds. The van der Waals surface area contributed by atoms with Crippen molar-refractivity contribution < 1.29 is 9.84 Å². The third-order valence-electron chi connectivity index (χ3n) is 5.16. The Morgan fingerprint density at radius 2 is 2.04 bits per heavy atom. The van der Waals surface area contributed by atoms with Crippen LogP contribution in [0.2, 0.25) is 0 Å². The zero-order valence-corrected chi connectivity index (χ0v) is 14.4. The summed E-state index contributed by atoms with van der Waals surface area (Å²) in [7, 11) is 0. The van der Waals surface area contributed by atoms with Gasteiger partial charge < -0.3 is 19.7 Å². The molecule has 0 spiro atoms. The van der Waals surface area contributed by atoms with Gasteiger partial charge in [-0.15, -0.1) is 0 Å². The minimum atomic E-state index is -0.678. The molecule has 2 atom stereocenters. The standard InChI is InChI=1S/C19H28N2O2/c1-4-7-19(3,22)14(2)18-13-15-12-16(5-6-17(15)20-18)21-8-10-23-11-9-21/h5-6,12-14,20,22H,4,7-11H2,1-3H3. The molecule has 0 radical (unpaired) electrons. The molecule has 1 saturated heterocycles. The molecule has 1 aromatic heterocycles. The van der Waals surface area contributed by atoms with E-state index >= 15 is 0 Å². The number of aromatic amines is 1. The van der Waals surface area contributed by atoms with Gasteiger partial charge in [-0.1, -0.05) is 20.3 Å². The Bertz CT molecular complexity index is 656. The van der Waals surface area contributed by atoms with Crippen LogP contribution in [0, 0.1) is 0 Å². The van der Waals surface area contributed by atoms with E-state index < -0.39 is 5.60 Å². The molecule has 1 aliphatic rings. The van der Waals surface area contributed by atoms with Crippen LogP contribution in [0.15, 0.2) is 24.3 Å². The Morgan fingerprint density at radius 3 is 2.74 bits per heavy atom. The number of fused-ring (bicyclic) bond motifs is 1. The SMILES string of the molecule is CCCC(C)(O)C(C)c1cc2cc(N3CCOCC3)ccc2[nH]1. The Kier molecular flexibility index (Phi) is 4.64. The maximum absolute atomic E-state index is 10.7. The molecule has 1 fully saturated rings. The average Bonchev–Trinajstić information content (AvgIpc) is 2.97. The Labute approximate surface area is 138 Å². The summed E-state index contributed by atoms with van der Waals surface area (Å²) in [6, 6.07) is 8.74. The molecule has 3 rings (SSSR count). The summed E-state index contributed by atoms with van der Waals surface area (Å²) in [5.74, 6) is 0.0849. The zero-order valence-electron chi connectivity index (χ0n) is 14.4. The zero-order chi connectivity index (χ0) is 16.4. The molecule has 0 aliphatic carbocycles. The fourth-order valence-corrected chi connectivity index (χ4v) is 3.45. The van der Waals surface area contributed by atoms with E-state index in [-0.39, 0.29) is 5.92 Å². The molecular formula is C19H28N2O2. The second kappa shape index (κ2) is 6.54. The molecule has 4 nitrogen and oxygen atoms in total. The fourth-order valence-electron chi connectivity index (χ4n) is 3.45. The fraction of sp³-hybridized carbons (Fsp3) is 0.579. The smallest absolute Gasteiger partial charge is 0.0699 e. The van der Waals surface area contributed by atoms with E-state index in [4.69, 9.17) is 4.74 Å². The van der Waals surface area contributed by atoms with E-state index in [1.165, 1.54) is 11.1 Å². The van der Waals surface area contributed by atoms with Crippen LogP contribution in [-0.4, -0.2) is 42.0 Å². The topological polar surface area (TPSA) is 48.5 Å². The van der Waals surface area contributed by atoms with Gasteiger partial charge >= 0.3 is 0 Å². The molecular weight excluding hydrogens is 288 g/mol. The van der Waals surface area contributed by atoms with Crippen LogP contribution >= 0.6 is 0 Å². The second-order valence-electron chi connectivity index (χ2n) is 6.92. The lowest BCUT2D eigenvalue weighted by Crippen LogP contribution is -2.36. The van der Waals surface area contributed by atoms with Gasteiger partial charge in [-0.3, -0.25) is 0 Å². The van der Waals surface area contributed by atoms with Crippen molar-refractivity contribution in [2.75, 3.05) is 31.2 Å². The van der Waals surface area contributed by atoms with Gasteiger partial charge in [-0.2, -0.15) is 0 Å². The van der Waals surface area contributed by atoms with E-state index in [1.54, 1.807) is 0 Å². The number of aliphatic hydroxyl groups is 1. The van der Waals surface area contributed by atoms with Gasteiger partial charge in [-0.25, -0.2) is 0 Å². The molecule has 2 heterocycles. The lowest BCUT2D eigenvalue weighted by Gasteiger charge is -2.29. The van der Waals surface area contributed by atoms with Crippen LogP contribution in [0.25, 0.3) is 10.9 Å². The highest BCUT2D eigenvalue weighted by atomic mass is 16.5. The van der Waals surface area contributed by atoms with Crippen LogP contribution in [0.3, 0.4) is 0 Å². The van der Waals surface area contributed by atoms with Crippen LogP contribution in [0.1, 0.15) is 45.2 Å². The Hall–Kier alpha value is -1.52. The summed E-state index contributed by atoms with van der Waals surface area (Å²) in [5.41, 5.74) is 2.82. The number of hydrogen-bond acceptors (Lipinski definition) is 3. The molecule has 1 aromatic carbocycles. The number of H-pyrrole nitrogens is 1. The van der Waals surface area contributed by atoms with Gasteiger partial charge in [0.15, 0.2) is 0 Å². The number of benzene rings is 1. The monoisotopic (exact) mass is 316 g/mol. The van der Waals surface area contributed by atoms with Crippen LogP contribution in [0.5, 0.6) is 0 Å². The predicted octanol–water partition coefficient (Wildman–Crippen LogP) is 3.66. The van der Waals surface area contributed by atoms with Crippen molar-refractivity contribution >= 4 is 16.6 Å². The molecule has 126 valence electrons. The van der Waals surface area contributed by atoms with Crippen molar-refractivity contribution in [2.24, 2.45) is 0 Å². The van der Waals surface area contributed by atoms with Gasteiger partial charge in [0.2, 0.25) is 0 Å². The van der Waals surface area contributed by atoms with Gasteiger partial charge in [0.05, 0.1) is 18.8 Å². The van der Waals surface area contributed by atoms with E-state index in [0.29, 0.717) is 0 Å². The first-order chi connectivity index (χ1) is 11.0. The summed E-state index contributed by atoms with van der Waals surface area (Å²) in [6.07, 6.45) is 1.79. The lowest BCUT2D eigenvalue weighted by atomic mass is 9.84. The number of ether oxygens (including phenoxy) is 1. The largest absolute Gasteiger partial charge is 0.389 e. The van der Waals surface area contributed by atoms with E-state index in [1.807, 2.05) is 6.92 Å². The van der Waals surface area contributed by atoms with Gasteiger partial charge in [0, 0.05) is 41.3 Å². The first-order valence-electron chi connectivity index (χ1n) is 8.69. The maximum Gasteiger partial charge on any atom is 0.0699 e. The molecule has 0 saturated carbocycles. The molecule has 2 N–H and O–H groups in total. The second-order valence-corrected chi connectivity index (χ2v) is 6.92. The van der Waals surface area contributed by atoms with Crippen molar-refractivity contribution in [1.82, 2.24) is 4.98 Å². The minimum Gasteiger partial charge on any atom is -0.389 e. The number of nitrogens with zero attached hydrogens (tertiary/aromatic N) is 1. The van der Waals surface area contributed by atoms with Gasteiger partial charge in [0.1, 0.15) is 0 Å². The van der Waals surface area contributed by atoms with E-state index in [9.17, 15) is 5.11 Å². The molecule has 1 aliphatic heterocycles. The van der Waals surface area contributed by atoms with Crippen molar-refractivity contribution in [3.05, 3.63) is 30.0 Å². The lowest BCUT2D eigenvalue weighted by molar-refractivity contribution is 0.0258.